The second-order valence-electron chi connectivity index (χ2n) is 3.46. The molecule has 16 heavy (non-hydrogen) atoms. The van der Waals surface area contributed by atoms with Crippen LogP contribution in [-0.4, -0.2) is 6.67 Å². The lowest BCUT2D eigenvalue weighted by atomic mass is 10.0. The number of hydrogen-bond acceptors (Lipinski definition) is 0. The average molecular weight is 238 g/mol. The van der Waals surface area contributed by atoms with Gasteiger partial charge < -0.3 is 0 Å². The van der Waals surface area contributed by atoms with Gasteiger partial charge in [-0.25, -0.2) is 4.39 Å². The minimum Gasteiger partial charge on any atom is -0.251 e. The molecular weight excluding hydrogens is 227 g/mol. The van der Waals surface area contributed by atoms with Crippen molar-refractivity contribution >= 4 is 0 Å². The van der Waals surface area contributed by atoms with E-state index >= 15 is 0 Å². The van der Waals surface area contributed by atoms with Gasteiger partial charge in [0.15, 0.2) is 0 Å². The number of benzene rings is 1. The fraction of sp³-hybridized carbons (Fsp3) is 0.455. The van der Waals surface area contributed by atoms with Crippen LogP contribution in [0.4, 0.5) is 22.0 Å². The van der Waals surface area contributed by atoms with Crippen molar-refractivity contribution in [1.82, 2.24) is 0 Å². The van der Waals surface area contributed by atoms with Crippen LogP contribution >= 0.6 is 0 Å². The van der Waals surface area contributed by atoms with E-state index in [1.165, 1.54) is 6.07 Å². The minimum absolute atomic E-state index is 0.304. The van der Waals surface area contributed by atoms with Crippen LogP contribution in [-0.2, 0) is 12.6 Å². The Labute approximate surface area is 90.1 Å². The summed E-state index contributed by atoms with van der Waals surface area (Å²) in [5.74, 6) is -1.28. The molecule has 0 saturated heterocycles. The standard InChI is InChI=1S/C11H11F5/c12-6-2-1-3-8-4-5-10(13)9(7-8)11(14,15)16/h4-5,7H,1-3,6H2. The van der Waals surface area contributed by atoms with E-state index in [1.807, 2.05) is 0 Å². The zero-order valence-electron chi connectivity index (χ0n) is 8.45. The van der Waals surface area contributed by atoms with Crippen LogP contribution in [0.15, 0.2) is 18.2 Å². The summed E-state index contributed by atoms with van der Waals surface area (Å²) in [4.78, 5) is 0. The van der Waals surface area contributed by atoms with Crippen molar-refractivity contribution in [3.63, 3.8) is 0 Å². The van der Waals surface area contributed by atoms with Crippen LogP contribution in [0.1, 0.15) is 24.0 Å². The Bertz CT molecular complexity index is 343. The Morgan fingerprint density at radius 3 is 2.31 bits per heavy atom. The fourth-order valence-electron chi connectivity index (χ4n) is 1.37. The molecule has 1 aromatic rings. The van der Waals surface area contributed by atoms with E-state index in [0.717, 1.165) is 12.1 Å². The number of unbranched alkanes of at least 4 members (excludes halogenated alkanes) is 1. The van der Waals surface area contributed by atoms with E-state index in [9.17, 15) is 22.0 Å². The molecule has 1 aromatic carbocycles. The Morgan fingerprint density at radius 1 is 1.06 bits per heavy atom. The van der Waals surface area contributed by atoms with Gasteiger partial charge in [-0.05, 0) is 37.0 Å². The lowest BCUT2D eigenvalue weighted by Gasteiger charge is -2.09. The molecule has 0 saturated carbocycles. The molecule has 0 bridgehead atoms. The molecule has 0 aromatic heterocycles. The van der Waals surface area contributed by atoms with Crippen molar-refractivity contribution in [2.75, 3.05) is 6.67 Å². The molecule has 0 atom stereocenters. The summed E-state index contributed by atoms with van der Waals surface area (Å²) in [6, 6.07) is 2.88. The Hall–Kier alpha value is -1.13. The predicted octanol–water partition coefficient (Wildman–Crippen LogP) is 4.14. The van der Waals surface area contributed by atoms with Crippen molar-refractivity contribution in [3.8, 4) is 0 Å². The first-order valence-corrected chi connectivity index (χ1v) is 4.86. The Balaban J connectivity index is 2.82. The van der Waals surface area contributed by atoms with Gasteiger partial charge in [-0.3, -0.25) is 4.39 Å². The molecule has 0 fully saturated rings. The molecule has 0 spiro atoms. The fourth-order valence-corrected chi connectivity index (χ4v) is 1.37. The van der Waals surface area contributed by atoms with Gasteiger partial charge >= 0.3 is 6.18 Å². The molecule has 0 nitrogen and oxygen atoms in total. The highest BCUT2D eigenvalue weighted by Gasteiger charge is 2.34. The third-order valence-electron chi connectivity index (χ3n) is 2.19. The van der Waals surface area contributed by atoms with Gasteiger partial charge in [-0.2, -0.15) is 13.2 Å². The highest BCUT2D eigenvalue weighted by atomic mass is 19.4. The summed E-state index contributed by atoms with van der Waals surface area (Å²) in [7, 11) is 0. The maximum atomic E-state index is 12.9. The summed E-state index contributed by atoms with van der Waals surface area (Å²) < 4.78 is 61.6. The molecule has 0 aliphatic carbocycles. The molecule has 0 aliphatic rings. The maximum Gasteiger partial charge on any atom is 0.419 e. The van der Waals surface area contributed by atoms with Crippen molar-refractivity contribution in [2.24, 2.45) is 0 Å². The van der Waals surface area contributed by atoms with Crippen molar-refractivity contribution < 1.29 is 22.0 Å². The second-order valence-corrected chi connectivity index (χ2v) is 3.46. The normalized spacial score (nSPS) is 11.8. The number of aryl methyl sites for hydroxylation is 1. The third kappa shape index (κ3) is 3.47. The molecule has 0 aliphatic heterocycles. The number of hydrogen-bond donors (Lipinski definition) is 0. The third-order valence-corrected chi connectivity index (χ3v) is 2.19. The average Bonchev–Trinajstić information content (AvgIpc) is 2.19. The molecular formula is C11H11F5. The molecule has 1 rings (SSSR count). The van der Waals surface area contributed by atoms with Crippen LogP contribution in [0.2, 0.25) is 0 Å². The number of halogens is 5. The SMILES string of the molecule is FCCCCc1ccc(F)c(C(F)(F)F)c1. The van der Waals surface area contributed by atoms with Crippen LogP contribution in [0, 0.1) is 5.82 Å². The van der Waals surface area contributed by atoms with E-state index in [1.54, 1.807) is 0 Å². The van der Waals surface area contributed by atoms with E-state index in [2.05, 4.69) is 0 Å². The van der Waals surface area contributed by atoms with Gasteiger partial charge in [0.1, 0.15) is 5.82 Å². The quantitative estimate of drug-likeness (QED) is 0.546. The monoisotopic (exact) mass is 238 g/mol. The van der Waals surface area contributed by atoms with Crippen molar-refractivity contribution in [2.45, 2.75) is 25.4 Å². The van der Waals surface area contributed by atoms with Crippen LogP contribution in [0.5, 0.6) is 0 Å². The van der Waals surface area contributed by atoms with Crippen LogP contribution in [0.3, 0.4) is 0 Å². The minimum atomic E-state index is -4.68. The molecule has 0 radical (unpaired) electrons. The molecule has 90 valence electrons. The van der Waals surface area contributed by atoms with Gasteiger partial charge in [-0.15, -0.1) is 0 Å². The predicted molar refractivity (Wildman–Crippen MR) is 50.3 cm³/mol. The summed E-state index contributed by atoms with van der Waals surface area (Å²) in [6.07, 6.45) is -3.59. The zero-order valence-corrected chi connectivity index (χ0v) is 8.45. The highest BCUT2D eigenvalue weighted by molar-refractivity contribution is 5.27. The molecule has 0 heterocycles. The van der Waals surface area contributed by atoms with Crippen molar-refractivity contribution in [3.05, 3.63) is 35.1 Å². The molecule has 0 unspecified atom stereocenters. The van der Waals surface area contributed by atoms with Gasteiger partial charge in [0.05, 0.1) is 12.2 Å². The van der Waals surface area contributed by atoms with E-state index in [4.69, 9.17) is 0 Å². The Kier molecular flexibility index (Phi) is 4.26. The number of rotatable bonds is 4. The lowest BCUT2D eigenvalue weighted by Crippen LogP contribution is -2.08. The van der Waals surface area contributed by atoms with Gasteiger partial charge in [0.2, 0.25) is 0 Å². The lowest BCUT2D eigenvalue weighted by molar-refractivity contribution is -0.140. The smallest absolute Gasteiger partial charge is 0.251 e. The summed E-state index contributed by atoms with van der Waals surface area (Å²) >= 11 is 0. The first kappa shape index (κ1) is 12.9. The first-order valence-electron chi connectivity index (χ1n) is 4.86. The largest absolute Gasteiger partial charge is 0.419 e. The van der Waals surface area contributed by atoms with Crippen LogP contribution in [0.25, 0.3) is 0 Å². The Morgan fingerprint density at radius 2 is 1.75 bits per heavy atom. The zero-order chi connectivity index (χ0) is 12.2. The topological polar surface area (TPSA) is 0 Å². The van der Waals surface area contributed by atoms with E-state index in [0.29, 0.717) is 24.8 Å². The second kappa shape index (κ2) is 5.27. The van der Waals surface area contributed by atoms with E-state index in [-0.39, 0.29) is 0 Å². The van der Waals surface area contributed by atoms with Gasteiger partial charge in [0.25, 0.3) is 0 Å². The highest BCUT2D eigenvalue weighted by Crippen LogP contribution is 2.32. The number of alkyl halides is 4. The van der Waals surface area contributed by atoms with Gasteiger partial charge in [0, 0.05) is 0 Å². The molecule has 5 heteroatoms. The summed E-state index contributed by atoms with van der Waals surface area (Å²) in [5.41, 5.74) is -0.882. The van der Waals surface area contributed by atoms with Crippen molar-refractivity contribution in [1.29, 1.82) is 0 Å². The van der Waals surface area contributed by atoms with Crippen LogP contribution < -0.4 is 0 Å². The summed E-state index contributed by atoms with van der Waals surface area (Å²) in [6.45, 7) is -0.493. The first-order chi connectivity index (χ1) is 7.45. The molecule has 0 N–H and O–H groups in total. The van der Waals surface area contributed by atoms with E-state index < -0.39 is 24.2 Å². The summed E-state index contributed by atoms with van der Waals surface area (Å²) in [5, 5.41) is 0. The van der Waals surface area contributed by atoms with Gasteiger partial charge in [-0.1, -0.05) is 6.07 Å². The molecule has 0 amide bonds. The maximum absolute atomic E-state index is 12.9.